The molecule has 104 valence electrons. The van der Waals surface area contributed by atoms with Gasteiger partial charge < -0.3 is 14.8 Å². The number of rotatable bonds is 4. The van der Waals surface area contributed by atoms with Gasteiger partial charge in [-0.05, 0) is 19.1 Å². The lowest BCUT2D eigenvalue weighted by molar-refractivity contribution is -0.136. The number of aryl methyl sites for hydroxylation is 1. The van der Waals surface area contributed by atoms with Crippen LogP contribution in [0.2, 0.25) is 0 Å². The molecule has 2 aromatic heterocycles. The number of hydrogen-bond donors (Lipinski definition) is 2. The van der Waals surface area contributed by atoms with Gasteiger partial charge in [-0.1, -0.05) is 0 Å². The van der Waals surface area contributed by atoms with Crippen LogP contribution < -0.4 is 5.43 Å². The van der Waals surface area contributed by atoms with Gasteiger partial charge in [0.1, 0.15) is 11.2 Å². The van der Waals surface area contributed by atoms with Crippen molar-refractivity contribution in [1.29, 1.82) is 0 Å². The molecule has 0 unspecified atom stereocenters. The van der Waals surface area contributed by atoms with Gasteiger partial charge in [-0.15, -0.1) is 0 Å². The highest BCUT2D eigenvalue weighted by molar-refractivity contribution is 5.91. The van der Waals surface area contributed by atoms with E-state index >= 15 is 0 Å². The van der Waals surface area contributed by atoms with Crippen LogP contribution in [-0.2, 0) is 17.8 Å². The molecule has 0 aliphatic heterocycles. The Morgan fingerprint density at radius 1 is 1.30 bits per heavy atom. The molecule has 0 bridgehead atoms. The number of hydrogen-bond acceptors (Lipinski definition) is 4. The molecule has 0 spiro atoms. The average molecular weight is 276 g/mol. The van der Waals surface area contributed by atoms with E-state index in [0.717, 1.165) is 0 Å². The van der Waals surface area contributed by atoms with Crippen LogP contribution in [0.5, 0.6) is 0 Å². The average Bonchev–Trinajstić information content (AvgIpc) is 2.38. The second-order valence-electron chi connectivity index (χ2n) is 4.21. The summed E-state index contributed by atoms with van der Waals surface area (Å²) in [5, 5.41) is 17.9. The van der Waals surface area contributed by atoms with Gasteiger partial charge in [-0.3, -0.25) is 9.59 Å². The molecular weight excluding hydrogens is 264 g/mol. The molecule has 2 heterocycles. The van der Waals surface area contributed by atoms with Crippen molar-refractivity contribution in [2.45, 2.75) is 19.9 Å². The first kappa shape index (κ1) is 13.7. The van der Waals surface area contributed by atoms with Crippen molar-refractivity contribution in [2.24, 2.45) is 0 Å². The topological polar surface area (TPSA) is 109 Å². The smallest absolute Gasteiger partial charge is 0.341 e. The van der Waals surface area contributed by atoms with Crippen LogP contribution in [0, 0.1) is 0 Å². The van der Waals surface area contributed by atoms with E-state index in [1.165, 1.54) is 22.9 Å². The third kappa shape index (κ3) is 2.37. The van der Waals surface area contributed by atoms with Gasteiger partial charge >= 0.3 is 11.9 Å². The Morgan fingerprint density at radius 2 is 2.00 bits per heavy atom. The Balaban J connectivity index is 2.76. The standard InChI is InChI=1S/C13H12N2O5/c1-2-15-6-9(13(19)20)11(18)8-4-3-7(5-10(16)17)14-12(8)15/h3-4,6H,2,5H2,1H3,(H,16,17)(H,19,20). The molecule has 7 nitrogen and oxygen atoms in total. The molecule has 0 aromatic carbocycles. The van der Waals surface area contributed by atoms with E-state index in [9.17, 15) is 14.4 Å². The summed E-state index contributed by atoms with van der Waals surface area (Å²) in [6.45, 7) is 2.20. The lowest BCUT2D eigenvalue weighted by Crippen LogP contribution is -2.19. The minimum atomic E-state index is -1.30. The number of pyridine rings is 2. The summed E-state index contributed by atoms with van der Waals surface area (Å²) in [5.74, 6) is -2.32. The van der Waals surface area contributed by atoms with Gasteiger partial charge in [0.15, 0.2) is 0 Å². The van der Waals surface area contributed by atoms with Crippen LogP contribution in [0.15, 0.2) is 23.1 Å². The fourth-order valence-corrected chi connectivity index (χ4v) is 1.95. The molecule has 0 atom stereocenters. The van der Waals surface area contributed by atoms with E-state index in [-0.39, 0.29) is 17.4 Å². The summed E-state index contributed by atoms with van der Waals surface area (Å²) in [6.07, 6.45) is 0.971. The zero-order valence-corrected chi connectivity index (χ0v) is 10.7. The number of fused-ring (bicyclic) bond motifs is 1. The number of aliphatic carboxylic acids is 1. The highest BCUT2D eigenvalue weighted by atomic mass is 16.4. The van der Waals surface area contributed by atoms with Crippen molar-refractivity contribution in [3.63, 3.8) is 0 Å². The summed E-state index contributed by atoms with van der Waals surface area (Å²) in [7, 11) is 0. The van der Waals surface area contributed by atoms with Gasteiger partial charge in [-0.2, -0.15) is 0 Å². The molecule has 0 saturated heterocycles. The van der Waals surface area contributed by atoms with Crippen LogP contribution in [0.4, 0.5) is 0 Å². The molecule has 0 aliphatic rings. The molecule has 0 amide bonds. The molecular formula is C13H12N2O5. The summed E-state index contributed by atoms with van der Waals surface area (Å²) < 4.78 is 1.52. The monoisotopic (exact) mass is 276 g/mol. The van der Waals surface area contributed by atoms with E-state index in [1.807, 2.05) is 0 Å². The van der Waals surface area contributed by atoms with Crippen molar-refractivity contribution in [3.8, 4) is 0 Å². The Kier molecular flexibility index (Phi) is 3.51. The van der Waals surface area contributed by atoms with Crippen molar-refractivity contribution in [1.82, 2.24) is 9.55 Å². The SMILES string of the molecule is CCn1cc(C(=O)O)c(=O)c2ccc(CC(=O)O)nc21. The van der Waals surface area contributed by atoms with E-state index in [0.29, 0.717) is 17.9 Å². The van der Waals surface area contributed by atoms with Gasteiger partial charge in [0.25, 0.3) is 0 Å². The number of carbonyl (C=O) groups is 2. The largest absolute Gasteiger partial charge is 0.481 e. The maximum absolute atomic E-state index is 12.0. The fourth-order valence-electron chi connectivity index (χ4n) is 1.95. The number of nitrogens with zero attached hydrogens (tertiary/aromatic N) is 2. The Labute approximate surface area is 113 Å². The third-order valence-corrected chi connectivity index (χ3v) is 2.88. The third-order valence-electron chi connectivity index (χ3n) is 2.88. The minimum absolute atomic E-state index is 0.167. The number of aromatic carboxylic acids is 1. The second-order valence-corrected chi connectivity index (χ2v) is 4.21. The van der Waals surface area contributed by atoms with Crippen molar-refractivity contribution >= 4 is 23.0 Å². The predicted octanol–water partition coefficient (Wildman–Crippen LogP) is 0.742. The maximum Gasteiger partial charge on any atom is 0.341 e. The molecule has 7 heteroatoms. The van der Waals surface area contributed by atoms with Crippen LogP contribution in [-0.4, -0.2) is 31.7 Å². The molecule has 2 N–H and O–H groups in total. The number of carboxylic acids is 2. The zero-order chi connectivity index (χ0) is 14.9. The van der Waals surface area contributed by atoms with Crippen LogP contribution in [0.3, 0.4) is 0 Å². The zero-order valence-electron chi connectivity index (χ0n) is 10.7. The van der Waals surface area contributed by atoms with E-state index in [1.54, 1.807) is 6.92 Å². The molecule has 2 rings (SSSR count). The number of carboxylic acid groups (broad SMARTS) is 2. The molecule has 0 aliphatic carbocycles. The summed E-state index contributed by atoms with van der Waals surface area (Å²) in [6, 6.07) is 2.84. The van der Waals surface area contributed by atoms with Gasteiger partial charge in [0.05, 0.1) is 17.5 Å². The highest BCUT2D eigenvalue weighted by Gasteiger charge is 2.15. The van der Waals surface area contributed by atoms with Crippen LogP contribution in [0.1, 0.15) is 23.0 Å². The number of aromatic nitrogens is 2. The normalized spacial score (nSPS) is 10.7. The van der Waals surface area contributed by atoms with Crippen molar-refractivity contribution in [3.05, 3.63) is 39.8 Å². The van der Waals surface area contributed by atoms with Crippen molar-refractivity contribution in [2.75, 3.05) is 0 Å². The first-order valence-electron chi connectivity index (χ1n) is 5.92. The molecule has 20 heavy (non-hydrogen) atoms. The molecule has 0 fully saturated rings. The Morgan fingerprint density at radius 3 is 2.55 bits per heavy atom. The van der Waals surface area contributed by atoms with Gasteiger partial charge in [0, 0.05) is 12.7 Å². The lowest BCUT2D eigenvalue weighted by Gasteiger charge is -2.10. The Bertz CT molecular complexity index is 763. The quantitative estimate of drug-likeness (QED) is 0.852. The summed E-state index contributed by atoms with van der Waals surface area (Å²) in [5.41, 5.74) is -0.338. The van der Waals surface area contributed by atoms with Crippen LogP contribution >= 0.6 is 0 Å². The first-order valence-corrected chi connectivity index (χ1v) is 5.92. The van der Waals surface area contributed by atoms with Gasteiger partial charge in [-0.25, -0.2) is 9.78 Å². The lowest BCUT2D eigenvalue weighted by atomic mass is 10.1. The van der Waals surface area contributed by atoms with E-state index in [2.05, 4.69) is 4.98 Å². The van der Waals surface area contributed by atoms with E-state index < -0.39 is 17.4 Å². The van der Waals surface area contributed by atoms with Gasteiger partial charge in [0.2, 0.25) is 5.43 Å². The molecule has 0 radical (unpaired) electrons. The predicted molar refractivity (Wildman–Crippen MR) is 70.0 cm³/mol. The maximum atomic E-state index is 12.0. The Hall–Kier alpha value is -2.70. The second kappa shape index (κ2) is 5.12. The first-order chi connectivity index (χ1) is 9.43. The highest BCUT2D eigenvalue weighted by Crippen LogP contribution is 2.11. The van der Waals surface area contributed by atoms with Crippen molar-refractivity contribution < 1.29 is 19.8 Å². The molecule has 0 saturated carbocycles. The minimum Gasteiger partial charge on any atom is -0.481 e. The summed E-state index contributed by atoms with van der Waals surface area (Å²) >= 11 is 0. The van der Waals surface area contributed by atoms with E-state index in [4.69, 9.17) is 10.2 Å². The summed E-state index contributed by atoms with van der Waals surface area (Å²) in [4.78, 5) is 37.9. The van der Waals surface area contributed by atoms with Crippen LogP contribution in [0.25, 0.3) is 11.0 Å². The fraction of sp³-hybridized carbons (Fsp3) is 0.231. The molecule has 2 aromatic rings.